The third-order valence-corrected chi connectivity index (χ3v) is 4.77. The van der Waals surface area contributed by atoms with Crippen LogP contribution in [0.3, 0.4) is 0 Å². The van der Waals surface area contributed by atoms with Crippen molar-refractivity contribution in [3.05, 3.63) is 59.2 Å². The molecule has 1 amide bonds. The van der Waals surface area contributed by atoms with Crippen LogP contribution in [0.15, 0.2) is 36.8 Å². The summed E-state index contributed by atoms with van der Waals surface area (Å²) >= 11 is 0. The second-order valence-electron chi connectivity index (χ2n) is 6.78. The van der Waals surface area contributed by atoms with E-state index in [-0.39, 0.29) is 18.1 Å². The molecule has 1 aromatic heterocycles. The molecule has 132 valence electrons. The molecule has 0 saturated carbocycles. The van der Waals surface area contributed by atoms with Crippen molar-refractivity contribution >= 4 is 5.91 Å². The topological polar surface area (TPSA) is 55.3 Å². The number of aromatic nitrogens is 2. The van der Waals surface area contributed by atoms with Crippen LogP contribution in [0.2, 0.25) is 0 Å². The van der Waals surface area contributed by atoms with Crippen LogP contribution in [0.5, 0.6) is 0 Å². The van der Waals surface area contributed by atoms with E-state index in [1.165, 1.54) is 23.0 Å². The normalized spacial score (nSPS) is 20.5. The molecule has 1 aromatic carbocycles. The van der Waals surface area contributed by atoms with Crippen LogP contribution in [0.25, 0.3) is 0 Å². The molecule has 0 N–H and O–H groups in total. The maximum absolute atomic E-state index is 12.7. The Kier molecular flexibility index (Phi) is 5.43. The molecule has 2 aromatic rings. The van der Waals surface area contributed by atoms with E-state index >= 15 is 0 Å². The Balaban J connectivity index is 1.68. The summed E-state index contributed by atoms with van der Waals surface area (Å²) < 4.78 is 6.04. The van der Waals surface area contributed by atoms with Gasteiger partial charge in [-0.15, -0.1) is 0 Å². The molecule has 5 nitrogen and oxygen atoms in total. The van der Waals surface area contributed by atoms with Gasteiger partial charge in [0.2, 0.25) is 5.91 Å². The van der Waals surface area contributed by atoms with E-state index in [1.54, 1.807) is 6.20 Å². The Morgan fingerprint density at radius 1 is 1.32 bits per heavy atom. The summed E-state index contributed by atoms with van der Waals surface area (Å²) in [5, 5.41) is 0. The quantitative estimate of drug-likeness (QED) is 0.859. The summed E-state index contributed by atoms with van der Waals surface area (Å²) in [7, 11) is 0. The molecule has 25 heavy (non-hydrogen) atoms. The Hall–Kier alpha value is -2.27. The zero-order valence-corrected chi connectivity index (χ0v) is 15.1. The molecule has 0 radical (unpaired) electrons. The zero-order chi connectivity index (χ0) is 17.8. The van der Waals surface area contributed by atoms with Gasteiger partial charge in [0.15, 0.2) is 0 Å². The molecular weight excluding hydrogens is 314 g/mol. The largest absolute Gasteiger partial charge is 0.370 e. The van der Waals surface area contributed by atoms with Crippen molar-refractivity contribution < 1.29 is 9.53 Å². The summed E-state index contributed by atoms with van der Waals surface area (Å²) in [4.78, 5) is 22.8. The van der Waals surface area contributed by atoms with Gasteiger partial charge in [0.25, 0.3) is 0 Å². The van der Waals surface area contributed by atoms with Gasteiger partial charge >= 0.3 is 0 Å². The Morgan fingerprint density at radius 3 is 2.92 bits per heavy atom. The van der Waals surface area contributed by atoms with Gasteiger partial charge in [-0.05, 0) is 44.4 Å². The van der Waals surface area contributed by atoms with Gasteiger partial charge in [-0.25, -0.2) is 9.97 Å². The average molecular weight is 339 g/mol. The fraction of sp³-hybridized carbons (Fsp3) is 0.450. The maximum atomic E-state index is 12.7. The summed E-state index contributed by atoms with van der Waals surface area (Å²) in [5.74, 6) is 0.157. The number of ether oxygens (including phenoxy) is 1. The summed E-state index contributed by atoms with van der Waals surface area (Å²) in [6.45, 7) is 7.39. The molecule has 0 unspecified atom stereocenters. The maximum Gasteiger partial charge on any atom is 0.223 e. The highest BCUT2D eigenvalue weighted by molar-refractivity contribution is 5.77. The summed E-state index contributed by atoms with van der Waals surface area (Å²) in [6.07, 6.45) is 4.27. The van der Waals surface area contributed by atoms with Gasteiger partial charge in [-0.3, -0.25) is 4.79 Å². The molecule has 1 saturated heterocycles. The molecule has 0 aliphatic carbocycles. The lowest BCUT2D eigenvalue weighted by molar-refractivity contribution is -0.144. The molecule has 2 heterocycles. The second-order valence-corrected chi connectivity index (χ2v) is 6.78. The lowest BCUT2D eigenvalue weighted by Crippen LogP contribution is -2.48. The highest BCUT2D eigenvalue weighted by atomic mass is 16.5. The molecule has 1 aliphatic heterocycles. The van der Waals surface area contributed by atoms with E-state index < -0.39 is 0 Å². The second kappa shape index (κ2) is 7.74. The summed E-state index contributed by atoms with van der Waals surface area (Å²) in [6, 6.07) is 8.34. The van der Waals surface area contributed by atoms with Gasteiger partial charge in [0.05, 0.1) is 19.2 Å². The zero-order valence-electron chi connectivity index (χ0n) is 15.1. The smallest absolute Gasteiger partial charge is 0.223 e. The van der Waals surface area contributed by atoms with E-state index in [0.29, 0.717) is 26.0 Å². The first-order valence-electron chi connectivity index (χ1n) is 8.77. The lowest BCUT2D eigenvalue weighted by Gasteiger charge is -2.39. The molecular formula is C20H25N3O2. The third kappa shape index (κ3) is 4.23. The number of nitrogens with zero attached hydrogens (tertiary/aromatic N) is 3. The van der Waals surface area contributed by atoms with Crippen LogP contribution < -0.4 is 0 Å². The fourth-order valence-corrected chi connectivity index (χ4v) is 3.24. The summed E-state index contributed by atoms with van der Waals surface area (Å²) in [5.41, 5.74) is 4.50. The molecule has 0 spiro atoms. The van der Waals surface area contributed by atoms with Crippen molar-refractivity contribution in [2.45, 2.75) is 45.8 Å². The first kappa shape index (κ1) is 17.5. The van der Waals surface area contributed by atoms with E-state index in [0.717, 1.165) is 5.69 Å². The molecule has 1 fully saturated rings. The highest BCUT2D eigenvalue weighted by Crippen LogP contribution is 2.28. The minimum absolute atomic E-state index is 0.0564. The number of rotatable bonds is 4. The standard InChI is InChI=1S/C20H25N3O2/c1-14-4-5-15(2)18(10-14)19-11-23(16(3)12-25-19)20(24)7-6-17-8-9-21-13-22-17/h4-5,8-10,13,16,19H,6-7,11-12H2,1-3H3/t16-,19+/m0/s1. The number of benzene rings is 1. The van der Waals surface area contributed by atoms with Gasteiger partial charge in [-0.2, -0.15) is 0 Å². The monoisotopic (exact) mass is 339 g/mol. The van der Waals surface area contributed by atoms with Crippen molar-refractivity contribution in [1.82, 2.24) is 14.9 Å². The molecule has 1 aliphatic rings. The third-order valence-electron chi connectivity index (χ3n) is 4.77. The van der Waals surface area contributed by atoms with Gasteiger partial charge < -0.3 is 9.64 Å². The van der Waals surface area contributed by atoms with Gasteiger partial charge in [0, 0.05) is 18.3 Å². The number of carbonyl (C=O) groups is 1. The number of aryl methyl sites for hydroxylation is 3. The van der Waals surface area contributed by atoms with Crippen molar-refractivity contribution in [3.63, 3.8) is 0 Å². The SMILES string of the molecule is Cc1ccc(C)c([C@H]2CN(C(=O)CCc3ccncn3)[C@@H](C)CO2)c1. The molecule has 5 heteroatoms. The van der Waals surface area contributed by atoms with E-state index in [9.17, 15) is 4.79 Å². The van der Waals surface area contributed by atoms with Crippen LogP contribution >= 0.6 is 0 Å². The van der Waals surface area contributed by atoms with Gasteiger partial charge in [-0.1, -0.05) is 23.8 Å². The predicted molar refractivity (Wildman–Crippen MR) is 96.1 cm³/mol. The fourth-order valence-electron chi connectivity index (χ4n) is 3.24. The van der Waals surface area contributed by atoms with Crippen molar-refractivity contribution in [2.75, 3.05) is 13.2 Å². The molecule has 0 bridgehead atoms. The Bertz CT molecular complexity index is 733. The van der Waals surface area contributed by atoms with E-state index in [2.05, 4.69) is 42.0 Å². The minimum atomic E-state index is -0.0564. The predicted octanol–water partition coefficient (Wildman–Crippen LogP) is 3.01. The number of carbonyl (C=O) groups excluding carboxylic acids is 1. The molecule has 2 atom stereocenters. The van der Waals surface area contributed by atoms with Crippen LogP contribution in [-0.2, 0) is 16.0 Å². The van der Waals surface area contributed by atoms with Gasteiger partial charge in [0.1, 0.15) is 12.4 Å². The first-order chi connectivity index (χ1) is 12.0. The van der Waals surface area contributed by atoms with Crippen molar-refractivity contribution in [1.29, 1.82) is 0 Å². The molecule has 3 rings (SSSR count). The number of hydrogen-bond acceptors (Lipinski definition) is 4. The Labute approximate surface area is 149 Å². The van der Waals surface area contributed by atoms with E-state index in [1.807, 2.05) is 17.9 Å². The number of morpholine rings is 1. The van der Waals surface area contributed by atoms with Crippen LogP contribution in [-0.4, -0.2) is 40.0 Å². The van der Waals surface area contributed by atoms with Crippen LogP contribution in [0, 0.1) is 13.8 Å². The lowest BCUT2D eigenvalue weighted by atomic mass is 9.98. The minimum Gasteiger partial charge on any atom is -0.370 e. The Morgan fingerprint density at radius 2 is 2.16 bits per heavy atom. The van der Waals surface area contributed by atoms with Crippen LogP contribution in [0.4, 0.5) is 0 Å². The highest BCUT2D eigenvalue weighted by Gasteiger charge is 2.30. The average Bonchev–Trinajstić information content (AvgIpc) is 2.63. The number of hydrogen-bond donors (Lipinski definition) is 0. The van der Waals surface area contributed by atoms with Crippen LogP contribution in [0.1, 0.15) is 41.8 Å². The van der Waals surface area contributed by atoms with E-state index in [4.69, 9.17) is 4.74 Å². The van der Waals surface area contributed by atoms with Crippen molar-refractivity contribution in [3.8, 4) is 0 Å². The number of amides is 1. The van der Waals surface area contributed by atoms with Crippen molar-refractivity contribution in [2.24, 2.45) is 0 Å². The first-order valence-corrected chi connectivity index (χ1v) is 8.77.